The molecule has 0 radical (unpaired) electrons. The van der Waals surface area contributed by atoms with Crippen molar-refractivity contribution in [1.29, 1.82) is 0 Å². The molecule has 1 N–H and O–H groups in total. The highest BCUT2D eigenvalue weighted by Gasteiger charge is 2.19. The number of hydrogen-bond donors (Lipinski definition) is 1. The second-order valence-corrected chi connectivity index (χ2v) is 5.06. The van der Waals surface area contributed by atoms with Crippen LogP contribution in [0.5, 0.6) is 0 Å². The van der Waals surface area contributed by atoms with Crippen molar-refractivity contribution in [3.63, 3.8) is 0 Å². The molecule has 2 heteroatoms. The molecule has 0 aliphatic heterocycles. The number of fused-ring (bicyclic) bond motifs is 1. The minimum Gasteiger partial charge on any atom is -0.388 e. The van der Waals surface area contributed by atoms with Crippen molar-refractivity contribution in [2.75, 3.05) is 0 Å². The van der Waals surface area contributed by atoms with E-state index in [1.807, 2.05) is 48.5 Å². The first-order valence-corrected chi connectivity index (χ1v) is 6.84. The molecule has 2 atom stereocenters. The lowest BCUT2D eigenvalue weighted by molar-refractivity contribution is 0.153. The van der Waals surface area contributed by atoms with Gasteiger partial charge in [-0.05, 0) is 23.3 Å². The van der Waals surface area contributed by atoms with Crippen LogP contribution in [0.1, 0.15) is 30.1 Å². The highest BCUT2D eigenvalue weighted by Crippen LogP contribution is 2.33. The average Bonchev–Trinajstić information content (AvgIpc) is 2.54. The van der Waals surface area contributed by atoms with E-state index in [4.69, 9.17) is 0 Å². The number of pyridine rings is 1. The summed E-state index contributed by atoms with van der Waals surface area (Å²) in [5, 5.41) is 11.7. The lowest BCUT2D eigenvalue weighted by Gasteiger charge is -2.21. The molecule has 2 aromatic carbocycles. The summed E-state index contributed by atoms with van der Waals surface area (Å²) in [6, 6.07) is 19.9. The zero-order valence-corrected chi connectivity index (χ0v) is 11.4. The van der Waals surface area contributed by atoms with Crippen LogP contribution in [0.2, 0.25) is 0 Å². The lowest BCUT2D eigenvalue weighted by Crippen LogP contribution is -2.08. The van der Waals surface area contributed by atoms with E-state index >= 15 is 0 Å². The van der Waals surface area contributed by atoms with Gasteiger partial charge in [0.05, 0.1) is 11.6 Å². The Morgan fingerprint density at radius 3 is 2.50 bits per heavy atom. The van der Waals surface area contributed by atoms with E-state index < -0.39 is 6.10 Å². The number of aliphatic hydroxyl groups is 1. The summed E-state index contributed by atoms with van der Waals surface area (Å²) in [6.45, 7) is 2.05. The van der Waals surface area contributed by atoms with Gasteiger partial charge in [0.15, 0.2) is 0 Å². The van der Waals surface area contributed by atoms with E-state index in [-0.39, 0.29) is 5.92 Å². The number of hydrogen-bond acceptors (Lipinski definition) is 2. The first-order valence-electron chi connectivity index (χ1n) is 6.84. The van der Waals surface area contributed by atoms with Crippen molar-refractivity contribution in [2.45, 2.75) is 18.9 Å². The largest absolute Gasteiger partial charge is 0.388 e. The molecule has 3 rings (SSSR count). The van der Waals surface area contributed by atoms with Crippen molar-refractivity contribution in [2.24, 2.45) is 0 Å². The maximum Gasteiger partial charge on any atom is 0.0862 e. The second kappa shape index (κ2) is 5.43. The number of benzene rings is 2. The van der Waals surface area contributed by atoms with Gasteiger partial charge in [0.25, 0.3) is 0 Å². The SMILES string of the molecule is CC(c1ccccc1)C(O)c1cccc2ncccc12. The first kappa shape index (κ1) is 12.8. The molecule has 0 saturated heterocycles. The standard InChI is InChI=1S/C18H17NO/c1-13(14-7-3-2-4-8-14)18(20)16-9-5-11-17-15(16)10-6-12-19-17/h2-13,18,20H,1H3. The molecule has 100 valence electrons. The Bertz CT molecular complexity index is 703. The average molecular weight is 263 g/mol. The van der Waals surface area contributed by atoms with Gasteiger partial charge in [-0.3, -0.25) is 4.98 Å². The van der Waals surface area contributed by atoms with Crippen LogP contribution in [0.25, 0.3) is 10.9 Å². The van der Waals surface area contributed by atoms with Gasteiger partial charge >= 0.3 is 0 Å². The summed E-state index contributed by atoms with van der Waals surface area (Å²) < 4.78 is 0. The van der Waals surface area contributed by atoms with Gasteiger partial charge in [0.2, 0.25) is 0 Å². The van der Waals surface area contributed by atoms with E-state index in [2.05, 4.69) is 24.0 Å². The van der Waals surface area contributed by atoms with Gasteiger partial charge in [0.1, 0.15) is 0 Å². The fraction of sp³-hybridized carbons (Fsp3) is 0.167. The third-order valence-corrected chi connectivity index (χ3v) is 3.80. The molecule has 3 aromatic rings. The molecule has 2 unspecified atom stereocenters. The van der Waals surface area contributed by atoms with Crippen LogP contribution in [-0.4, -0.2) is 10.1 Å². The predicted molar refractivity (Wildman–Crippen MR) is 81.6 cm³/mol. The smallest absolute Gasteiger partial charge is 0.0862 e. The maximum atomic E-state index is 10.7. The van der Waals surface area contributed by atoms with Crippen molar-refractivity contribution >= 4 is 10.9 Å². The van der Waals surface area contributed by atoms with Gasteiger partial charge in [-0.15, -0.1) is 0 Å². The number of rotatable bonds is 3. The molecule has 0 aliphatic rings. The zero-order chi connectivity index (χ0) is 13.9. The summed E-state index contributed by atoms with van der Waals surface area (Å²) in [5.74, 6) is 0.0435. The van der Waals surface area contributed by atoms with Gasteiger partial charge in [-0.25, -0.2) is 0 Å². The fourth-order valence-corrected chi connectivity index (χ4v) is 2.59. The number of aromatic nitrogens is 1. The van der Waals surface area contributed by atoms with Crippen molar-refractivity contribution < 1.29 is 5.11 Å². The van der Waals surface area contributed by atoms with Gasteiger partial charge in [-0.1, -0.05) is 55.5 Å². The van der Waals surface area contributed by atoms with Crippen molar-refractivity contribution in [3.8, 4) is 0 Å². The maximum absolute atomic E-state index is 10.7. The van der Waals surface area contributed by atoms with E-state index in [1.165, 1.54) is 0 Å². The molecular formula is C18H17NO. The first-order chi connectivity index (χ1) is 9.77. The minimum absolute atomic E-state index is 0.0435. The summed E-state index contributed by atoms with van der Waals surface area (Å²) in [6.07, 6.45) is 1.24. The molecule has 1 aromatic heterocycles. The molecule has 0 amide bonds. The molecule has 0 spiro atoms. The Hall–Kier alpha value is -2.19. The fourth-order valence-electron chi connectivity index (χ4n) is 2.59. The minimum atomic E-state index is -0.537. The van der Waals surface area contributed by atoms with Crippen LogP contribution in [0.3, 0.4) is 0 Å². The third kappa shape index (κ3) is 2.30. The zero-order valence-electron chi connectivity index (χ0n) is 11.4. The number of aliphatic hydroxyl groups excluding tert-OH is 1. The summed E-state index contributed by atoms with van der Waals surface area (Å²) in [7, 11) is 0. The molecule has 2 nitrogen and oxygen atoms in total. The lowest BCUT2D eigenvalue weighted by atomic mass is 9.89. The molecule has 0 aliphatic carbocycles. The van der Waals surface area contributed by atoms with E-state index in [0.717, 1.165) is 22.0 Å². The molecule has 1 heterocycles. The van der Waals surface area contributed by atoms with Crippen molar-refractivity contribution in [1.82, 2.24) is 4.98 Å². The molecular weight excluding hydrogens is 246 g/mol. The van der Waals surface area contributed by atoms with Crippen LogP contribution in [0, 0.1) is 0 Å². The van der Waals surface area contributed by atoms with Crippen molar-refractivity contribution in [3.05, 3.63) is 78.0 Å². The molecule has 0 bridgehead atoms. The van der Waals surface area contributed by atoms with Gasteiger partial charge in [0, 0.05) is 17.5 Å². The highest BCUT2D eigenvalue weighted by atomic mass is 16.3. The summed E-state index contributed by atoms with van der Waals surface area (Å²) >= 11 is 0. The van der Waals surface area contributed by atoms with Gasteiger partial charge < -0.3 is 5.11 Å². The Labute approximate surface area is 118 Å². The Balaban J connectivity index is 2.03. The number of nitrogens with zero attached hydrogens (tertiary/aromatic N) is 1. The van der Waals surface area contributed by atoms with E-state index in [0.29, 0.717) is 0 Å². The van der Waals surface area contributed by atoms with Gasteiger partial charge in [-0.2, -0.15) is 0 Å². The quantitative estimate of drug-likeness (QED) is 0.772. The molecule has 0 fully saturated rings. The van der Waals surface area contributed by atoms with Crippen LogP contribution >= 0.6 is 0 Å². The topological polar surface area (TPSA) is 33.1 Å². The Morgan fingerprint density at radius 1 is 0.900 bits per heavy atom. The monoisotopic (exact) mass is 263 g/mol. The summed E-state index contributed by atoms with van der Waals surface area (Å²) in [5.41, 5.74) is 3.00. The normalized spacial score (nSPS) is 14.1. The van der Waals surface area contributed by atoms with Crippen LogP contribution in [-0.2, 0) is 0 Å². The third-order valence-electron chi connectivity index (χ3n) is 3.80. The van der Waals surface area contributed by atoms with Crippen LogP contribution in [0.4, 0.5) is 0 Å². The summed E-state index contributed by atoms with van der Waals surface area (Å²) in [4.78, 5) is 4.35. The molecule has 0 saturated carbocycles. The Kier molecular flexibility index (Phi) is 3.48. The Morgan fingerprint density at radius 2 is 1.70 bits per heavy atom. The van der Waals surface area contributed by atoms with Crippen LogP contribution < -0.4 is 0 Å². The van der Waals surface area contributed by atoms with E-state index in [1.54, 1.807) is 6.20 Å². The molecule has 20 heavy (non-hydrogen) atoms. The highest BCUT2D eigenvalue weighted by molar-refractivity contribution is 5.82. The second-order valence-electron chi connectivity index (χ2n) is 5.06. The van der Waals surface area contributed by atoms with E-state index in [9.17, 15) is 5.11 Å². The van der Waals surface area contributed by atoms with Crippen LogP contribution in [0.15, 0.2) is 66.9 Å². The predicted octanol–water partition coefficient (Wildman–Crippen LogP) is 4.07.